The van der Waals surface area contributed by atoms with E-state index < -0.39 is 5.91 Å². The van der Waals surface area contributed by atoms with E-state index in [0.29, 0.717) is 39.0 Å². The highest BCUT2D eigenvalue weighted by molar-refractivity contribution is 6.46. The summed E-state index contributed by atoms with van der Waals surface area (Å²) in [6.45, 7) is -0.0725. The average molecular weight is 475 g/mol. The van der Waals surface area contributed by atoms with E-state index in [1.165, 1.54) is 7.11 Å². The Morgan fingerprint density at radius 1 is 1.28 bits per heavy atom. The molecule has 32 heavy (non-hydrogen) atoms. The third-order valence-electron chi connectivity index (χ3n) is 5.34. The van der Waals surface area contributed by atoms with E-state index in [9.17, 15) is 14.7 Å². The van der Waals surface area contributed by atoms with E-state index >= 15 is 0 Å². The Kier molecular flexibility index (Phi) is 6.34. The van der Waals surface area contributed by atoms with Crippen molar-refractivity contribution in [3.63, 3.8) is 0 Å². The van der Waals surface area contributed by atoms with Crippen molar-refractivity contribution in [2.45, 2.75) is 25.7 Å². The molecule has 2 aromatic rings. The van der Waals surface area contributed by atoms with Gasteiger partial charge in [0, 0.05) is 27.7 Å². The number of hydrogen-bond donors (Lipinski definition) is 3. The number of aromatic hydroxyl groups is 1. The van der Waals surface area contributed by atoms with E-state index in [1.54, 1.807) is 18.2 Å². The number of carbonyl (C=O) groups excluding carboxylic acids is 2. The van der Waals surface area contributed by atoms with Gasteiger partial charge in [-0.3, -0.25) is 14.6 Å². The lowest BCUT2D eigenvalue weighted by atomic mass is 9.84. The van der Waals surface area contributed by atoms with Gasteiger partial charge in [0.1, 0.15) is 19.4 Å². The molecule has 8 nitrogen and oxygen atoms in total. The van der Waals surface area contributed by atoms with Crippen LogP contribution in [0.3, 0.4) is 0 Å². The number of aliphatic imine (C=N–C) groups is 1. The minimum absolute atomic E-state index is 0.0458. The Morgan fingerprint density at radius 3 is 2.69 bits per heavy atom. The Hall–Kier alpha value is -3.10. The molecule has 2 amide bonds. The molecule has 2 aliphatic rings. The van der Waals surface area contributed by atoms with Crippen LogP contribution in [0.5, 0.6) is 5.75 Å². The normalized spacial score (nSPS) is 16.4. The van der Waals surface area contributed by atoms with Crippen LogP contribution in [0.15, 0.2) is 34.4 Å². The van der Waals surface area contributed by atoms with Crippen molar-refractivity contribution in [2.24, 2.45) is 10.1 Å². The van der Waals surface area contributed by atoms with Crippen LogP contribution in [0.4, 0.5) is 5.69 Å². The molecule has 166 valence electrons. The SMILES string of the molecule is CO/N=C1\CCCc2c(Cc3c(Cl)cc(NC(=O)C4=NCC(=O)N4)cc3Cl)ccc(O)c21. The number of oxime groups is 1. The number of carbonyl (C=O) groups is 2. The predicted octanol–water partition coefficient (Wildman–Crippen LogP) is 3.44. The molecule has 0 unspecified atom stereocenters. The fourth-order valence-electron chi connectivity index (χ4n) is 3.93. The Bertz CT molecular complexity index is 1150. The number of phenols is 1. The van der Waals surface area contributed by atoms with Crippen LogP contribution in [0.2, 0.25) is 10.0 Å². The van der Waals surface area contributed by atoms with E-state index in [0.717, 1.165) is 30.4 Å². The summed E-state index contributed by atoms with van der Waals surface area (Å²) >= 11 is 13.0. The van der Waals surface area contributed by atoms with Crippen molar-refractivity contribution >= 4 is 52.3 Å². The van der Waals surface area contributed by atoms with Gasteiger partial charge in [-0.05, 0) is 54.2 Å². The molecule has 1 aliphatic heterocycles. The summed E-state index contributed by atoms with van der Waals surface area (Å²) in [5, 5.41) is 20.3. The van der Waals surface area contributed by atoms with Gasteiger partial charge < -0.3 is 20.6 Å². The number of halogens is 2. The highest BCUT2D eigenvalue weighted by Crippen LogP contribution is 2.36. The summed E-state index contributed by atoms with van der Waals surface area (Å²) < 4.78 is 0. The molecule has 2 aromatic carbocycles. The molecule has 0 fully saturated rings. The molecule has 0 aromatic heterocycles. The van der Waals surface area contributed by atoms with Gasteiger partial charge in [-0.1, -0.05) is 34.4 Å². The third-order valence-corrected chi connectivity index (χ3v) is 6.01. The average Bonchev–Trinajstić information content (AvgIpc) is 3.19. The van der Waals surface area contributed by atoms with Crippen LogP contribution in [0.25, 0.3) is 0 Å². The van der Waals surface area contributed by atoms with Gasteiger partial charge in [-0.25, -0.2) is 0 Å². The number of rotatable bonds is 5. The third kappa shape index (κ3) is 4.42. The summed E-state index contributed by atoms with van der Waals surface area (Å²) in [7, 11) is 1.48. The van der Waals surface area contributed by atoms with Gasteiger partial charge in [0.25, 0.3) is 5.91 Å². The highest BCUT2D eigenvalue weighted by Gasteiger charge is 2.24. The molecular weight excluding hydrogens is 455 g/mol. The van der Waals surface area contributed by atoms with Crippen molar-refractivity contribution in [1.29, 1.82) is 0 Å². The maximum atomic E-state index is 12.2. The quantitative estimate of drug-likeness (QED) is 0.575. The van der Waals surface area contributed by atoms with Crippen LogP contribution in [0, 0.1) is 0 Å². The molecule has 3 N–H and O–H groups in total. The molecule has 1 heterocycles. The lowest BCUT2D eigenvalue weighted by Crippen LogP contribution is -2.34. The molecule has 10 heteroatoms. The number of nitrogens with one attached hydrogen (secondary N) is 2. The second-order valence-electron chi connectivity index (χ2n) is 7.43. The second kappa shape index (κ2) is 9.18. The van der Waals surface area contributed by atoms with Crippen LogP contribution >= 0.6 is 23.2 Å². The molecule has 0 atom stereocenters. The van der Waals surface area contributed by atoms with Crippen LogP contribution < -0.4 is 10.6 Å². The number of amides is 2. The molecule has 0 radical (unpaired) electrons. The first-order chi connectivity index (χ1) is 15.4. The summed E-state index contributed by atoms with van der Waals surface area (Å²) in [5.74, 6) is -0.766. The molecule has 0 spiro atoms. The Balaban J connectivity index is 1.61. The fraction of sp³-hybridized carbons (Fsp3) is 0.273. The van der Waals surface area contributed by atoms with Crippen LogP contribution in [-0.2, 0) is 27.3 Å². The number of benzene rings is 2. The summed E-state index contributed by atoms with van der Waals surface area (Å²) in [6.07, 6.45) is 2.84. The number of hydrogen-bond acceptors (Lipinski definition) is 6. The molecular formula is C22H20Cl2N4O4. The zero-order valence-electron chi connectivity index (χ0n) is 17.2. The first-order valence-corrected chi connectivity index (χ1v) is 10.7. The Morgan fingerprint density at radius 2 is 2.03 bits per heavy atom. The highest BCUT2D eigenvalue weighted by atomic mass is 35.5. The first-order valence-electron chi connectivity index (χ1n) is 9.95. The number of anilines is 1. The topological polar surface area (TPSA) is 112 Å². The number of fused-ring (bicyclic) bond motifs is 1. The minimum atomic E-state index is -0.548. The number of nitrogens with zero attached hydrogens (tertiary/aromatic N) is 2. The standard InChI is InChI=1S/C22H20Cl2N4O4/c1-32-28-17-4-2-3-13-11(5-6-18(29)20(13)17)7-14-15(23)8-12(9-16(14)24)26-22(31)21-25-10-19(30)27-21/h5-6,8-9,29H,2-4,7,10H2,1H3,(H,26,31)(H,25,27,30)/b28-17+. The zero-order chi connectivity index (χ0) is 22.8. The first kappa shape index (κ1) is 22.1. The van der Waals surface area contributed by atoms with Gasteiger partial charge in [-0.2, -0.15) is 0 Å². The Labute approximate surface area is 194 Å². The maximum absolute atomic E-state index is 12.2. The van der Waals surface area contributed by atoms with E-state index in [-0.39, 0.29) is 24.0 Å². The fourth-order valence-corrected chi connectivity index (χ4v) is 4.55. The monoisotopic (exact) mass is 474 g/mol. The second-order valence-corrected chi connectivity index (χ2v) is 8.25. The van der Waals surface area contributed by atoms with Crippen LogP contribution in [-0.4, -0.2) is 42.1 Å². The van der Waals surface area contributed by atoms with Gasteiger partial charge in [-0.15, -0.1) is 0 Å². The molecule has 0 saturated heterocycles. The molecule has 1 aliphatic carbocycles. The van der Waals surface area contributed by atoms with E-state index in [2.05, 4.69) is 20.8 Å². The smallest absolute Gasteiger partial charge is 0.291 e. The summed E-state index contributed by atoms with van der Waals surface area (Å²) in [4.78, 5) is 32.3. The van der Waals surface area contributed by atoms with E-state index in [4.69, 9.17) is 28.0 Å². The summed E-state index contributed by atoms with van der Waals surface area (Å²) in [5.41, 5.74) is 4.47. The van der Waals surface area contributed by atoms with Gasteiger partial charge in [0.15, 0.2) is 5.84 Å². The van der Waals surface area contributed by atoms with E-state index in [1.807, 2.05) is 6.07 Å². The van der Waals surface area contributed by atoms with Crippen LogP contribution in [0.1, 0.15) is 35.1 Å². The lowest BCUT2D eigenvalue weighted by Gasteiger charge is -2.22. The molecule has 0 saturated carbocycles. The molecule has 0 bridgehead atoms. The van der Waals surface area contributed by atoms with Gasteiger partial charge >= 0.3 is 0 Å². The van der Waals surface area contributed by atoms with Crippen molar-refractivity contribution in [3.05, 3.63) is 56.6 Å². The maximum Gasteiger partial charge on any atom is 0.291 e. The van der Waals surface area contributed by atoms with Crippen molar-refractivity contribution < 1.29 is 19.5 Å². The van der Waals surface area contributed by atoms with Gasteiger partial charge in [0.2, 0.25) is 5.91 Å². The largest absolute Gasteiger partial charge is 0.507 e. The molecule has 4 rings (SSSR count). The summed E-state index contributed by atoms with van der Waals surface area (Å²) in [6, 6.07) is 6.69. The lowest BCUT2D eigenvalue weighted by molar-refractivity contribution is -0.118. The van der Waals surface area contributed by atoms with Crippen molar-refractivity contribution in [1.82, 2.24) is 5.32 Å². The van der Waals surface area contributed by atoms with Gasteiger partial charge in [0.05, 0.1) is 5.71 Å². The van der Waals surface area contributed by atoms with Crippen molar-refractivity contribution in [3.8, 4) is 5.75 Å². The zero-order valence-corrected chi connectivity index (χ0v) is 18.7. The minimum Gasteiger partial charge on any atom is -0.507 e. The number of amidine groups is 1. The van der Waals surface area contributed by atoms with Crippen molar-refractivity contribution in [2.75, 3.05) is 19.0 Å². The predicted molar refractivity (Wildman–Crippen MR) is 123 cm³/mol. The number of phenolic OH excluding ortho intramolecular Hbond substituents is 1.